The third-order valence-electron chi connectivity index (χ3n) is 4.14. The standard InChI is InChI=1S/C14H26N2O.ClH/c1-2-16(11-13-3-4-13)14(17)6-5-12-7-9-15-10-8-12;/h12-13,15H,2-11H2,1H3;1H. The maximum absolute atomic E-state index is 12.1. The lowest BCUT2D eigenvalue weighted by atomic mass is 9.93. The van der Waals surface area contributed by atoms with Crippen LogP contribution in [-0.2, 0) is 4.79 Å². The summed E-state index contributed by atoms with van der Waals surface area (Å²) in [6, 6.07) is 0. The average Bonchev–Trinajstić information content (AvgIpc) is 3.18. The number of nitrogens with one attached hydrogen (secondary N) is 1. The summed E-state index contributed by atoms with van der Waals surface area (Å²) < 4.78 is 0. The maximum Gasteiger partial charge on any atom is 0.222 e. The fraction of sp³-hybridized carbons (Fsp3) is 0.929. The first-order valence-corrected chi connectivity index (χ1v) is 7.28. The molecule has 0 atom stereocenters. The van der Waals surface area contributed by atoms with Gasteiger partial charge in [0.25, 0.3) is 0 Å². The normalized spacial score (nSPS) is 20.3. The molecule has 0 aromatic heterocycles. The van der Waals surface area contributed by atoms with Crippen LogP contribution in [0, 0.1) is 11.8 Å². The van der Waals surface area contributed by atoms with Crippen molar-refractivity contribution in [1.82, 2.24) is 10.2 Å². The Morgan fingerprint density at radius 2 is 1.83 bits per heavy atom. The van der Waals surface area contributed by atoms with Crippen molar-refractivity contribution in [2.24, 2.45) is 11.8 Å². The summed E-state index contributed by atoms with van der Waals surface area (Å²) in [5.74, 6) is 1.98. The highest BCUT2D eigenvalue weighted by Crippen LogP contribution is 2.30. The van der Waals surface area contributed by atoms with Crippen molar-refractivity contribution in [1.29, 1.82) is 0 Å². The largest absolute Gasteiger partial charge is 0.343 e. The van der Waals surface area contributed by atoms with Gasteiger partial charge in [-0.2, -0.15) is 0 Å². The van der Waals surface area contributed by atoms with Gasteiger partial charge >= 0.3 is 0 Å². The number of hydrogen-bond acceptors (Lipinski definition) is 2. The molecule has 1 heterocycles. The molecule has 1 saturated heterocycles. The zero-order chi connectivity index (χ0) is 12.1. The van der Waals surface area contributed by atoms with Crippen LogP contribution >= 0.6 is 12.4 Å². The van der Waals surface area contributed by atoms with Crippen LogP contribution in [0.2, 0.25) is 0 Å². The Kier molecular flexibility index (Phi) is 7.02. The molecular formula is C14H27ClN2O. The van der Waals surface area contributed by atoms with E-state index in [1.807, 2.05) is 0 Å². The van der Waals surface area contributed by atoms with Gasteiger partial charge < -0.3 is 10.2 Å². The Balaban J connectivity index is 0.00000162. The minimum absolute atomic E-state index is 0. The first kappa shape index (κ1) is 15.8. The summed E-state index contributed by atoms with van der Waals surface area (Å²) in [6.45, 7) is 6.28. The molecule has 106 valence electrons. The first-order valence-electron chi connectivity index (χ1n) is 7.28. The molecule has 1 aliphatic carbocycles. The van der Waals surface area contributed by atoms with Crippen molar-refractivity contribution in [3.63, 3.8) is 0 Å². The Hall–Kier alpha value is -0.280. The second kappa shape index (κ2) is 8.00. The SMILES string of the molecule is CCN(CC1CC1)C(=O)CCC1CCNCC1.Cl. The fourth-order valence-corrected chi connectivity index (χ4v) is 2.68. The van der Waals surface area contributed by atoms with Gasteiger partial charge in [-0.05, 0) is 64.0 Å². The lowest BCUT2D eigenvalue weighted by Gasteiger charge is -2.25. The van der Waals surface area contributed by atoms with E-state index in [0.717, 1.165) is 50.9 Å². The van der Waals surface area contributed by atoms with Crippen molar-refractivity contribution in [3.05, 3.63) is 0 Å². The van der Waals surface area contributed by atoms with Crippen molar-refractivity contribution >= 4 is 18.3 Å². The van der Waals surface area contributed by atoms with E-state index in [4.69, 9.17) is 0 Å². The van der Waals surface area contributed by atoms with E-state index in [-0.39, 0.29) is 12.4 Å². The second-order valence-electron chi connectivity index (χ2n) is 5.61. The van der Waals surface area contributed by atoms with Crippen LogP contribution in [-0.4, -0.2) is 37.0 Å². The molecule has 1 aliphatic heterocycles. The molecule has 0 aromatic carbocycles. The molecule has 3 nitrogen and oxygen atoms in total. The summed E-state index contributed by atoms with van der Waals surface area (Å²) in [6.07, 6.45) is 7.03. The highest BCUT2D eigenvalue weighted by molar-refractivity contribution is 5.85. The highest BCUT2D eigenvalue weighted by Gasteiger charge is 2.26. The topological polar surface area (TPSA) is 32.3 Å². The molecule has 1 saturated carbocycles. The number of nitrogens with zero attached hydrogens (tertiary/aromatic N) is 1. The number of hydrogen-bond donors (Lipinski definition) is 1. The van der Waals surface area contributed by atoms with Gasteiger partial charge in [-0.1, -0.05) is 0 Å². The number of halogens is 1. The maximum atomic E-state index is 12.1. The molecule has 18 heavy (non-hydrogen) atoms. The van der Waals surface area contributed by atoms with Crippen molar-refractivity contribution in [3.8, 4) is 0 Å². The second-order valence-corrected chi connectivity index (χ2v) is 5.61. The number of rotatable bonds is 6. The monoisotopic (exact) mass is 274 g/mol. The highest BCUT2D eigenvalue weighted by atomic mass is 35.5. The zero-order valence-electron chi connectivity index (χ0n) is 11.5. The van der Waals surface area contributed by atoms with Crippen LogP contribution in [0.3, 0.4) is 0 Å². The summed E-state index contributed by atoms with van der Waals surface area (Å²) in [5, 5.41) is 3.38. The number of carbonyl (C=O) groups excluding carboxylic acids is 1. The molecule has 0 spiro atoms. The van der Waals surface area contributed by atoms with Gasteiger partial charge in [0.15, 0.2) is 0 Å². The zero-order valence-corrected chi connectivity index (χ0v) is 12.3. The van der Waals surface area contributed by atoms with Crippen LogP contribution in [0.4, 0.5) is 0 Å². The van der Waals surface area contributed by atoms with Gasteiger partial charge in [-0.3, -0.25) is 4.79 Å². The average molecular weight is 275 g/mol. The number of carbonyl (C=O) groups is 1. The third kappa shape index (κ3) is 5.15. The Bertz CT molecular complexity index is 250. The minimum Gasteiger partial charge on any atom is -0.343 e. The smallest absolute Gasteiger partial charge is 0.222 e. The Labute approximate surface area is 117 Å². The molecule has 0 radical (unpaired) electrons. The predicted molar refractivity (Wildman–Crippen MR) is 77.1 cm³/mol. The Morgan fingerprint density at radius 1 is 1.17 bits per heavy atom. The molecule has 0 aromatic rings. The summed E-state index contributed by atoms with van der Waals surface area (Å²) in [4.78, 5) is 14.2. The van der Waals surface area contributed by atoms with Crippen LogP contribution in [0.15, 0.2) is 0 Å². The van der Waals surface area contributed by atoms with Crippen molar-refractivity contribution < 1.29 is 4.79 Å². The third-order valence-corrected chi connectivity index (χ3v) is 4.14. The van der Waals surface area contributed by atoms with Crippen molar-refractivity contribution in [2.75, 3.05) is 26.2 Å². The molecule has 4 heteroatoms. The van der Waals surface area contributed by atoms with E-state index < -0.39 is 0 Å². The lowest BCUT2D eigenvalue weighted by Crippen LogP contribution is -2.33. The number of piperidine rings is 1. The first-order chi connectivity index (χ1) is 8.29. The van der Waals surface area contributed by atoms with E-state index in [1.165, 1.54) is 25.7 Å². The van der Waals surface area contributed by atoms with E-state index in [9.17, 15) is 4.79 Å². The molecule has 1 amide bonds. The summed E-state index contributed by atoms with van der Waals surface area (Å²) in [5.41, 5.74) is 0. The van der Waals surface area contributed by atoms with Gasteiger partial charge in [0, 0.05) is 19.5 Å². The molecule has 2 aliphatic rings. The quantitative estimate of drug-likeness (QED) is 0.807. The van der Waals surface area contributed by atoms with Crippen molar-refractivity contribution in [2.45, 2.75) is 45.4 Å². The molecule has 1 N–H and O–H groups in total. The lowest BCUT2D eigenvalue weighted by molar-refractivity contribution is -0.131. The van der Waals surface area contributed by atoms with E-state index in [1.54, 1.807) is 0 Å². The molecule has 2 fully saturated rings. The van der Waals surface area contributed by atoms with E-state index in [2.05, 4.69) is 17.1 Å². The molecule has 0 bridgehead atoms. The fourth-order valence-electron chi connectivity index (χ4n) is 2.68. The summed E-state index contributed by atoms with van der Waals surface area (Å²) in [7, 11) is 0. The molecule has 0 unspecified atom stereocenters. The predicted octanol–water partition coefficient (Wildman–Crippen LogP) is 2.45. The van der Waals surface area contributed by atoms with Crippen LogP contribution < -0.4 is 5.32 Å². The van der Waals surface area contributed by atoms with Gasteiger partial charge in [0.2, 0.25) is 5.91 Å². The van der Waals surface area contributed by atoms with Crippen LogP contribution in [0.5, 0.6) is 0 Å². The van der Waals surface area contributed by atoms with E-state index in [0.29, 0.717) is 5.91 Å². The van der Waals surface area contributed by atoms with Gasteiger partial charge in [-0.15, -0.1) is 12.4 Å². The Morgan fingerprint density at radius 3 is 2.39 bits per heavy atom. The molecular weight excluding hydrogens is 248 g/mol. The van der Waals surface area contributed by atoms with Crippen LogP contribution in [0.25, 0.3) is 0 Å². The minimum atomic E-state index is 0. The van der Waals surface area contributed by atoms with Crippen LogP contribution in [0.1, 0.15) is 45.4 Å². The van der Waals surface area contributed by atoms with Gasteiger partial charge in [0.05, 0.1) is 0 Å². The number of amides is 1. The van der Waals surface area contributed by atoms with Gasteiger partial charge in [-0.25, -0.2) is 0 Å². The van der Waals surface area contributed by atoms with E-state index >= 15 is 0 Å². The summed E-state index contributed by atoms with van der Waals surface area (Å²) >= 11 is 0. The molecule has 2 rings (SSSR count). The van der Waals surface area contributed by atoms with Gasteiger partial charge in [0.1, 0.15) is 0 Å².